The molecule has 2 N–H and O–H groups in total. The monoisotopic (exact) mass is 166 g/mol. The first-order chi connectivity index (χ1) is 5.68. The van der Waals surface area contributed by atoms with E-state index in [0.717, 1.165) is 18.5 Å². The van der Waals surface area contributed by atoms with Crippen molar-refractivity contribution in [2.24, 2.45) is 12.8 Å². The molecule has 0 bridgehead atoms. The quantitative estimate of drug-likeness (QED) is 0.699. The van der Waals surface area contributed by atoms with Crippen molar-refractivity contribution in [1.82, 2.24) is 15.0 Å². The normalized spacial score (nSPS) is 19.5. The fraction of sp³-hybridized carbons (Fsp3) is 0.750. The van der Waals surface area contributed by atoms with Gasteiger partial charge in [0.15, 0.2) is 0 Å². The zero-order valence-electron chi connectivity index (χ0n) is 7.32. The van der Waals surface area contributed by atoms with Crippen molar-refractivity contribution in [1.29, 1.82) is 0 Å². The Morgan fingerprint density at radius 2 is 2.42 bits per heavy atom. The van der Waals surface area contributed by atoms with Crippen LogP contribution in [-0.4, -0.2) is 20.5 Å². The van der Waals surface area contributed by atoms with Gasteiger partial charge in [0.2, 0.25) is 0 Å². The molecular weight excluding hydrogens is 152 g/mol. The van der Waals surface area contributed by atoms with Crippen molar-refractivity contribution in [3.8, 4) is 0 Å². The third kappa shape index (κ3) is 1.64. The third-order valence-corrected chi connectivity index (χ3v) is 2.42. The molecule has 0 amide bonds. The van der Waals surface area contributed by atoms with Crippen LogP contribution in [-0.2, 0) is 13.5 Å². The van der Waals surface area contributed by atoms with Gasteiger partial charge in [-0.05, 0) is 25.7 Å². The fourth-order valence-electron chi connectivity index (χ4n) is 1.30. The summed E-state index contributed by atoms with van der Waals surface area (Å²) in [5.74, 6) is 0. The summed E-state index contributed by atoms with van der Waals surface area (Å²) in [6, 6.07) is 0. The molecule has 12 heavy (non-hydrogen) atoms. The summed E-state index contributed by atoms with van der Waals surface area (Å²) in [5.41, 5.74) is 7.13. The molecule has 0 spiro atoms. The summed E-state index contributed by atoms with van der Waals surface area (Å²) < 4.78 is 1.73. The molecule has 1 aromatic rings. The average molecular weight is 166 g/mol. The van der Waals surface area contributed by atoms with Crippen LogP contribution in [0.3, 0.4) is 0 Å². The predicted octanol–water partition coefficient (Wildman–Crippen LogP) is 0.239. The van der Waals surface area contributed by atoms with Crippen molar-refractivity contribution in [2.75, 3.05) is 0 Å². The van der Waals surface area contributed by atoms with Crippen LogP contribution in [0.15, 0.2) is 6.20 Å². The second-order valence-corrected chi connectivity index (χ2v) is 3.75. The predicted molar refractivity (Wildman–Crippen MR) is 45.5 cm³/mol. The molecule has 0 aliphatic heterocycles. The van der Waals surface area contributed by atoms with E-state index in [0.29, 0.717) is 0 Å². The molecule has 0 radical (unpaired) electrons. The second-order valence-electron chi connectivity index (χ2n) is 3.75. The third-order valence-electron chi connectivity index (χ3n) is 2.42. The molecule has 0 saturated heterocycles. The summed E-state index contributed by atoms with van der Waals surface area (Å²) in [6.07, 6.45) is 6.31. The van der Waals surface area contributed by atoms with Crippen molar-refractivity contribution < 1.29 is 0 Å². The highest BCUT2D eigenvalue weighted by molar-refractivity contribution is 5.02. The maximum atomic E-state index is 5.95. The zero-order valence-corrected chi connectivity index (χ0v) is 7.32. The van der Waals surface area contributed by atoms with E-state index in [2.05, 4.69) is 10.3 Å². The van der Waals surface area contributed by atoms with E-state index < -0.39 is 0 Å². The lowest BCUT2D eigenvalue weighted by molar-refractivity contribution is 0.602. The number of hydrogen-bond acceptors (Lipinski definition) is 3. The smallest absolute Gasteiger partial charge is 0.0827 e. The number of hydrogen-bond donors (Lipinski definition) is 1. The van der Waals surface area contributed by atoms with Gasteiger partial charge in [0, 0.05) is 18.8 Å². The highest BCUT2D eigenvalue weighted by Gasteiger charge is 2.37. The topological polar surface area (TPSA) is 56.7 Å². The number of rotatable bonds is 3. The van der Waals surface area contributed by atoms with E-state index in [1.807, 2.05) is 13.2 Å². The van der Waals surface area contributed by atoms with E-state index >= 15 is 0 Å². The largest absolute Gasteiger partial charge is 0.325 e. The average Bonchev–Trinajstić information content (AvgIpc) is 2.60. The molecule has 0 unspecified atom stereocenters. The Kier molecular flexibility index (Phi) is 1.65. The maximum Gasteiger partial charge on any atom is 0.0827 e. The summed E-state index contributed by atoms with van der Waals surface area (Å²) in [6.45, 7) is 0. The summed E-state index contributed by atoms with van der Waals surface area (Å²) >= 11 is 0. The van der Waals surface area contributed by atoms with Gasteiger partial charge in [-0.2, -0.15) is 0 Å². The van der Waals surface area contributed by atoms with Gasteiger partial charge in [0.05, 0.1) is 5.69 Å². The molecular formula is C8H14N4. The van der Waals surface area contributed by atoms with Crippen molar-refractivity contribution >= 4 is 0 Å². The van der Waals surface area contributed by atoms with Crippen molar-refractivity contribution in [3.63, 3.8) is 0 Å². The molecule has 1 heterocycles. The van der Waals surface area contributed by atoms with Crippen LogP contribution in [0.4, 0.5) is 0 Å². The summed E-state index contributed by atoms with van der Waals surface area (Å²) in [7, 11) is 1.88. The molecule has 4 nitrogen and oxygen atoms in total. The lowest BCUT2D eigenvalue weighted by atomic mass is 10.1. The van der Waals surface area contributed by atoms with E-state index in [9.17, 15) is 0 Å². The molecule has 0 atom stereocenters. The number of aromatic nitrogens is 3. The number of aryl methyl sites for hydroxylation is 2. The van der Waals surface area contributed by atoms with Gasteiger partial charge in [0.1, 0.15) is 0 Å². The number of nitrogens with zero attached hydrogens (tertiary/aromatic N) is 3. The highest BCUT2D eigenvalue weighted by atomic mass is 15.4. The minimum atomic E-state index is 0.136. The Balaban J connectivity index is 1.87. The Bertz CT molecular complexity index is 274. The Hall–Kier alpha value is -0.900. The van der Waals surface area contributed by atoms with Gasteiger partial charge in [-0.25, -0.2) is 0 Å². The Labute approximate surface area is 71.8 Å². The first kappa shape index (κ1) is 7.73. The van der Waals surface area contributed by atoms with Crippen molar-refractivity contribution in [3.05, 3.63) is 11.9 Å². The van der Waals surface area contributed by atoms with Crippen LogP contribution < -0.4 is 5.73 Å². The zero-order chi connectivity index (χ0) is 8.60. The Morgan fingerprint density at radius 1 is 1.67 bits per heavy atom. The standard InChI is InChI=1S/C8H14N4/c1-12-6-7(10-11-12)2-3-8(9)4-5-8/h6H,2-5,9H2,1H3. The molecule has 2 rings (SSSR count). The van der Waals surface area contributed by atoms with Gasteiger partial charge in [-0.3, -0.25) is 4.68 Å². The van der Waals surface area contributed by atoms with Gasteiger partial charge in [0.25, 0.3) is 0 Å². The molecule has 1 saturated carbocycles. The van der Waals surface area contributed by atoms with E-state index in [4.69, 9.17) is 5.73 Å². The summed E-state index contributed by atoms with van der Waals surface area (Å²) in [5, 5.41) is 7.87. The van der Waals surface area contributed by atoms with Crippen molar-refractivity contribution in [2.45, 2.75) is 31.2 Å². The molecule has 1 aliphatic carbocycles. The van der Waals surface area contributed by atoms with Gasteiger partial charge >= 0.3 is 0 Å². The van der Waals surface area contributed by atoms with Gasteiger partial charge in [-0.15, -0.1) is 5.10 Å². The van der Waals surface area contributed by atoms with Crippen LogP contribution in [0, 0.1) is 0 Å². The maximum absolute atomic E-state index is 5.95. The molecule has 66 valence electrons. The minimum Gasteiger partial charge on any atom is -0.325 e. The Morgan fingerprint density at radius 3 is 2.92 bits per heavy atom. The molecule has 4 heteroatoms. The van der Waals surface area contributed by atoms with Gasteiger partial charge < -0.3 is 5.73 Å². The highest BCUT2D eigenvalue weighted by Crippen LogP contribution is 2.36. The van der Waals surface area contributed by atoms with Crippen LogP contribution in [0.5, 0.6) is 0 Å². The van der Waals surface area contributed by atoms with E-state index in [1.54, 1.807) is 4.68 Å². The number of nitrogens with two attached hydrogens (primary N) is 1. The van der Waals surface area contributed by atoms with Crippen LogP contribution in [0.2, 0.25) is 0 Å². The lowest BCUT2D eigenvalue weighted by Gasteiger charge is -2.04. The SMILES string of the molecule is Cn1cc(CCC2(N)CC2)nn1. The van der Waals surface area contributed by atoms with E-state index in [1.165, 1.54) is 12.8 Å². The molecule has 0 aromatic carbocycles. The van der Waals surface area contributed by atoms with Gasteiger partial charge in [-0.1, -0.05) is 5.21 Å². The van der Waals surface area contributed by atoms with Crippen LogP contribution in [0.1, 0.15) is 25.0 Å². The first-order valence-corrected chi connectivity index (χ1v) is 4.32. The second kappa shape index (κ2) is 2.55. The minimum absolute atomic E-state index is 0.136. The molecule has 1 aromatic heterocycles. The fourth-order valence-corrected chi connectivity index (χ4v) is 1.30. The summed E-state index contributed by atoms with van der Waals surface area (Å²) in [4.78, 5) is 0. The lowest BCUT2D eigenvalue weighted by Crippen LogP contribution is -2.22. The van der Waals surface area contributed by atoms with Crippen LogP contribution >= 0.6 is 0 Å². The van der Waals surface area contributed by atoms with Crippen LogP contribution in [0.25, 0.3) is 0 Å². The molecule has 1 fully saturated rings. The van der Waals surface area contributed by atoms with E-state index in [-0.39, 0.29) is 5.54 Å². The first-order valence-electron chi connectivity index (χ1n) is 4.32. The molecule has 1 aliphatic rings.